The van der Waals surface area contributed by atoms with E-state index in [9.17, 15) is 9.59 Å². The van der Waals surface area contributed by atoms with Crippen molar-refractivity contribution in [2.75, 3.05) is 6.54 Å². The molecule has 0 aliphatic rings. The van der Waals surface area contributed by atoms with Crippen molar-refractivity contribution in [2.24, 2.45) is 5.92 Å². The van der Waals surface area contributed by atoms with E-state index < -0.39 is 0 Å². The second-order valence-electron chi connectivity index (χ2n) is 6.81. The molecule has 0 radical (unpaired) electrons. The molecule has 1 N–H and O–H groups in total. The molecule has 28 heavy (non-hydrogen) atoms. The first-order valence-corrected chi connectivity index (χ1v) is 10.4. The third-order valence-corrected chi connectivity index (χ3v) is 5.39. The van der Waals surface area contributed by atoms with Gasteiger partial charge in [-0.25, -0.2) is 18.9 Å². The van der Waals surface area contributed by atoms with Gasteiger partial charge in [0.2, 0.25) is 5.91 Å². The van der Waals surface area contributed by atoms with Crippen LogP contribution in [0, 0.1) is 5.92 Å². The largest absolute Gasteiger partial charge is 0.354 e. The molecule has 2 aromatic heterocycles. The number of nitrogens with zero attached hydrogens (tertiary/aromatic N) is 4. The summed E-state index contributed by atoms with van der Waals surface area (Å²) in [6.07, 6.45) is 4.01. The summed E-state index contributed by atoms with van der Waals surface area (Å²) in [5.74, 6) is 0.944. The Kier molecular flexibility index (Phi) is 6.74. The number of aromatic nitrogens is 4. The Labute approximate surface area is 172 Å². The van der Waals surface area contributed by atoms with Gasteiger partial charge in [-0.3, -0.25) is 4.79 Å². The molecule has 3 rings (SSSR count). The Hall–Kier alpha value is -2.32. The number of fused-ring (bicyclic) bond motifs is 1. The first kappa shape index (κ1) is 20.4. The minimum Gasteiger partial charge on any atom is -0.354 e. The molecule has 2 heterocycles. The standard InChI is InChI=1S/C19H22ClN5O2S/c1-13(2)7-8-21-16(26)11-25-19(27)24-10-9-22-18(17(24)23-25)28-12-14-3-5-15(20)6-4-14/h3-6,9-10,13H,7-8,11-12H2,1-2H3,(H,21,26). The predicted octanol–water partition coefficient (Wildman–Crippen LogP) is 3.00. The van der Waals surface area contributed by atoms with Crippen molar-refractivity contribution in [1.82, 2.24) is 24.5 Å². The third kappa shape index (κ3) is 5.14. The molecule has 148 valence electrons. The fourth-order valence-electron chi connectivity index (χ4n) is 2.56. The lowest BCUT2D eigenvalue weighted by atomic mass is 10.1. The number of carbonyl (C=O) groups is 1. The molecule has 7 nitrogen and oxygen atoms in total. The van der Waals surface area contributed by atoms with E-state index in [2.05, 4.69) is 29.2 Å². The van der Waals surface area contributed by atoms with Gasteiger partial charge >= 0.3 is 5.69 Å². The van der Waals surface area contributed by atoms with Gasteiger partial charge < -0.3 is 5.32 Å². The lowest BCUT2D eigenvalue weighted by molar-refractivity contribution is -0.121. The van der Waals surface area contributed by atoms with Crippen LogP contribution in [0.2, 0.25) is 5.02 Å². The van der Waals surface area contributed by atoms with Crippen molar-refractivity contribution in [1.29, 1.82) is 0 Å². The van der Waals surface area contributed by atoms with Crippen LogP contribution in [-0.4, -0.2) is 31.6 Å². The number of nitrogens with one attached hydrogen (secondary N) is 1. The Morgan fingerprint density at radius 2 is 2.04 bits per heavy atom. The maximum Gasteiger partial charge on any atom is 0.350 e. The van der Waals surface area contributed by atoms with Crippen LogP contribution in [0.4, 0.5) is 0 Å². The van der Waals surface area contributed by atoms with Gasteiger partial charge in [-0.15, -0.1) is 5.10 Å². The number of hydrogen-bond donors (Lipinski definition) is 1. The fraction of sp³-hybridized carbons (Fsp3) is 0.368. The average Bonchev–Trinajstić information content (AvgIpc) is 2.97. The highest BCUT2D eigenvalue weighted by atomic mass is 35.5. The van der Waals surface area contributed by atoms with E-state index in [1.165, 1.54) is 20.8 Å². The van der Waals surface area contributed by atoms with Crippen LogP contribution in [0.3, 0.4) is 0 Å². The molecule has 0 fully saturated rings. The van der Waals surface area contributed by atoms with Crippen LogP contribution < -0.4 is 11.0 Å². The lowest BCUT2D eigenvalue weighted by Gasteiger charge is -2.06. The summed E-state index contributed by atoms with van der Waals surface area (Å²) >= 11 is 7.39. The SMILES string of the molecule is CC(C)CCNC(=O)Cn1nc2c(SCc3ccc(Cl)cc3)nccn2c1=O. The predicted molar refractivity (Wildman–Crippen MR) is 111 cm³/mol. The monoisotopic (exact) mass is 419 g/mol. The Morgan fingerprint density at radius 1 is 1.29 bits per heavy atom. The number of benzene rings is 1. The summed E-state index contributed by atoms with van der Waals surface area (Å²) < 4.78 is 2.59. The molecule has 1 amide bonds. The number of halogens is 1. The van der Waals surface area contributed by atoms with Crippen LogP contribution in [0.25, 0.3) is 5.65 Å². The summed E-state index contributed by atoms with van der Waals surface area (Å²) in [5, 5.41) is 8.46. The number of amides is 1. The molecule has 0 bridgehead atoms. The quantitative estimate of drug-likeness (QED) is 0.567. The van der Waals surface area contributed by atoms with Crippen LogP contribution in [0.5, 0.6) is 0 Å². The van der Waals surface area contributed by atoms with Gasteiger partial charge in [-0.1, -0.05) is 49.3 Å². The third-order valence-electron chi connectivity index (χ3n) is 4.10. The van der Waals surface area contributed by atoms with Crippen LogP contribution >= 0.6 is 23.4 Å². The van der Waals surface area contributed by atoms with E-state index in [0.717, 1.165) is 12.0 Å². The van der Waals surface area contributed by atoms with Crippen molar-refractivity contribution in [3.63, 3.8) is 0 Å². The van der Waals surface area contributed by atoms with Gasteiger partial charge in [0.25, 0.3) is 0 Å². The molecule has 0 atom stereocenters. The molecule has 1 aromatic carbocycles. The first-order chi connectivity index (χ1) is 13.4. The fourth-order valence-corrected chi connectivity index (χ4v) is 3.58. The maximum atomic E-state index is 12.5. The maximum absolute atomic E-state index is 12.5. The lowest BCUT2D eigenvalue weighted by Crippen LogP contribution is -2.33. The highest BCUT2D eigenvalue weighted by Crippen LogP contribution is 2.24. The summed E-state index contributed by atoms with van der Waals surface area (Å²) in [6, 6.07) is 7.56. The normalized spacial score (nSPS) is 11.3. The van der Waals surface area contributed by atoms with Gasteiger partial charge in [0.1, 0.15) is 11.6 Å². The molecule has 0 spiro atoms. The number of carbonyl (C=O) groups excluding carboxylic acids is 1. The summed E-state index contributed by atoms with van der Waals surface area (Å²) in [6.45, 7) is 4.66. The van der Waals surface area contributed by atoms with Gasteiger partial charge in [0.05, 0.1) is 0 Å². The topological polar surface area (TPSA) is 81.3 Å². The average molecular weight is 420 g/mol. The molecule has 0 aliphatic heterocycles. The van der Waals surface area contributed by atoms with Gasteiger partial charge in [0, 0.05) is 29.7 Å². The minimum absolute atomic E-state index is 0.111. The zero-order valence-corrected chi connectivity index (χ0v) is 17.3. The molecule has 0 aliphatic carbocycles. The van der Waals surface area contributed by atoms with E-state index in [-0.39, 0.29) is 18.1 Å². The van der Waals surface area contributed by atoms with Gasteiger partial charge in [-0.2, -0.15) is 0 Å². The molecule has 0 saturated heterocycles. The van der Waals surface area contributed by atoms with Crippen LogP contribution in [0.15, 0.2) is 46.5 Å². The molecule has 0 saturated carbocycles. The van der Waals surface area contributed by atoms with Crippen LogP contribution in [-0.2, 0) is 17.1 Å². The Bertz CT molecular complexity index is 1010. The highest BCUT2D eigenvalue weighted by molar-refractivity contribution is 7.98. The molecular formula is C19H22ClN5O2S. The smallest absolute Gasteiger partial charge is 0.350 e. The first-order valence-electron chi connectivity index (χ1n) is 9.02. The van der Waals surface area contributed by atoms with Gasteiger partial charge in [0.15, 0.2) is 5.65 Å². The van der Waals surface area contributed by atoms with Crippen molar-refractivity contribution < 1.29 is 4.79 Å². The van der Waals surface area contributed by atoms with Crippen molar-refractivity contribution in [3.8, 4) is 0 Å². The zero-order valence-electron chi connectivity index (χ0n) is 15.8. The zero-order chi connectivity index (χ0) is 20.1. The van der Waals surface area contributed by atoms with Gasteiger partial charge in [-0.05, 0) is 30.0 Å². The summed E-state index contributed by atoms with van der Waals surface area (Å²) in [4.78, 5) is 29.0. The Morgan fingerprint density at radius 3 is 2.75 bits per heavy atom. The number of thioether (sulfide) groups is 1. The second-order valence-corrected chi connectivity index (χ2v) is 8.21. The van der Waals surface area contributed by atoms with Crippen LogP contribution in [0.1, 0.15) is 25.8 Å². The summed E-state index contributed by atoms with van der Waals surface area (Å²) in [7, 11) is 0. The molecular weight excluding hydrogens is 398 g/mol. The van der Waals surface area contributed by atoms with Crippen molar-refractivity contribution >= 4 is 34.9 Å². The second kappa shape index (κ2) is 9.25. The Balaban J connectivity index is 1.73. The van der Waals surface area contributed by atoms with E-state index >= 15 is 0 Å². The number of hydrogen-bond acceptors (Lipinski definition) is 5. The van der Waals surface area contributed by atoms with E-state index in [1.807, 2.05) is 24.3 Å². The number of rotatable bonds is 8. The van der Waals surface area contributed by atoms with Crippen molar-refractivity contribution in [3.05, 3.63) is 57.7 Å². The van der Waals surface area contributed by atoms with Crippen molar-refractivity contribution in [2.45, 2.75) is 37.6 Å². The van der Waals surface area contributed by atoms with E-state index in [0.29, 0.717) is 33.9 Å². The van der Waals surface area contributed by atoms with E-state index in [1.54, 1.807) is 12.4 Å². The van der Waals surface area contributed by atoms with E-state index in [4.69, 9.17) is 11.6 Å². The minimum atomic E-state index is -0.357. The molecule has 9 heteroatoms. The molecule has 0 unspecified atom stereocenters. The summed E-state index contributed by atoms with van der Waals surface area (Å²) in [5.41, 5.74) is 1.18. The molecule has 3 aromatic rings. The highest BCUT2D eigenvalue weighted by Gasteiger charge is 2.14.